The Morgan fingerprint density at radius 3 is 2.19 bits per heavy atom. The lowest BCUT2D eigenvalue weighted by atomic mass is 10.1. The lowest BCUT2D eigenvalue weighted by molar-refractivity contribution is 0.101. The standard InChI is InChI=1S/C11H15NO3S/c1-8-5-10(9(2)13)7-11(6-8)16(14,15)12(3)4/h5-7H,1-4H3. The third-order valence-electron chi connectivity index (χ3n) is 2.24. The normalized spacial score (nSPS) is 11.8. The second kappa shape index (κ2) is 4.35. The first kappa shape index (κ1) is 12.9. The summed E-state index contributed by atoms with van der Waals surface area (Å²) in [5.41, 5.74) is 1.17. The molecule has 88 valence electrons. The zero-order valence-corrected chi connectivity index (χ0v) is 10.6. The van der Waals surface area contributed by atoms with Crippen LogP contribution in [0.1, 0.15) is 22.8 Å². The SMILES string of the molecule is CC(=O)c1cc(C)cc(S(=O)(=O)N(C)C)c1. The van der Waals surface area contributed by atoms with E-state index in [0.29, 0.717) is 5.56 Å². The Morgan fingerprint density at radius 1 is 1.19 bits per heavy atom. The Kier molecular flexibility index (Phi) is 3.50. The smallest absolute Gasteiger partial charge is 0.242 e. The summed E-state index contributed by atoms with van der Waals surface area (Å²) in [6.07, 6.45) is 0. The Hall–Kier alpha value is -1.20. The average molecular weight is 241 g/mol. The summed E-state index contributed by atoms with van der Waals surface area (Å²) in [5, 5.41) is 0. The molecular weight excluding hydrogens is 226 g/mol. The van der Waals surface area contributed by atoms with Crippen molar-refractivity contribution >= 4 is 15.8 Å². The first-order valence-corrected chi connectivity index (χ1v) is 6.24. The molecule has 0 aliphatic heterocycles. The Morgan fingerprint density at radius 2 is 1.75 bits per heavy atom. The van der Waals surface area contributed by atoms with E-state index < -0.39 is 10.0 Å². The number of hydrogen-bond acceptors (Lipinski definition) is 3. The third-order valence-corrected chi connectivity index (χ3v) is 4.03. The molecule has 0 heterocycles. The molecule has 4 nitrogen and oxygen atoms in total. The number of rotatable bonds is 3. The van der Waals surface area contributed by atoms with Crippen molar-refractivity contribution in [2.75, 3.05) is 14.1 Å². The predicted octanol–water partition coefficient (Wildman–Crippen LogP) is 1.45. The first-order chi connectivity index (χ1) is 7.25. The number of Topliss-reactive ketones (excluding diaryl/α,β-unsaturated/α-hetero) is 1. The number of carbonyl (C=O) groups excluding carboxylic acids is 1. The van der Waals surface area contributed by atoms with Crippen molar-refractivity contribution in [3.63, 3.8) is 0 Å². The molecule has 0 amide bonds. The number of hydrogen-bond donors (Lipinski definition) is 0. The fourth-order valence-corrected chi connectivity index (χ4v) is 2.34. The summed E-state index contributed by atoms with van der Waals surface area (Å²) in [5.74, 6) is -0.140. The maximum atomic E-state index is 11.9. The van der Waals surface area contributed by atoms with Gasteiger partial charge in [0.1, 0.15) is 0 Å². The van der Waals surface area contributed by atoms with Gasteiger partial charge in [-0.05, 0) is 37.6 Å². The second-order valence-corrected chi connectivity index (χ2v) is 6.03. The van der Waals surface area contributed by atoms with E-state index >= 15 is 0 Å². The van der Waals surface area contributed by atoms with Gasteiger partial charge < -0.3 is 0 Å². The van der Waals surface area contributed by atoms with Gasteiger partial charge in [-0.2, -0.15) is 0 Å². The Bertz CT molecular complexity index is 518. The van der Waals surface area contributed by atoms with Crippen molar-refractivity contribution in [3.8, 4) is 0 Å². The van der Waals surface area contributed by atoms with Gasteiger partial charge in [-0.15, -0.1) is 0 Å². The molecule has 0 unspecified atom stereocenters. The van der Waals surface area contributed by atoms with Gasteiger partial charge in [-0.3, -0.25) is 4.79 Å². The first-order valence-electron chi connectivity index (χ1n) is 4.80. The predicted molar refractivity (Wildman–Crippen MR) is 62.1 cm³/mol. The summed E-state index contributed by atoms with van der Waals surface area (Å²) in [4.78, 5) is 11.4. The molecule has 0 fully saturated rings. The molecule has 0 N–H and O–H groups in total. The number of sulfonamides is 1. The van der Waals surface area contributed by atoms with Crippen molar-refractivity contribution in [2.24, 2.45) is 0 Å². The summed E-state index contributed by atoms with van der Waals surface area (Å²) < 4.78 is 24.9. The second-order valence-electron chi connectivity index (χ2n) is 3.88. The van der Waals surface area contributed by atoms with E-state index in [4.69, 9.17) is 0 Å². The highest BCUT2D eigenvalue weighted by Crippen LogP contribution is 2.17. The molecule has 1 aromatic rings. The van der Waals surface area contributed by atoms with Crippen molar-refractivity contribution in [1.29, 1.82) is 0 Å². The van der Waals surface area contributed by atoms with Crippen LogP contribution >= 0.6 is 0 Å². The van der Waals surface area contributed by atoms with Crippen LogP contribution in [0.25, 0.3) is 0 Å². The van der Waals surface area contributed by atoms with Gasteiger partial charge in [0.2, 0.25) is 10.0 Å². The van der Waals surface area contributed by atoms with Crippen LogP contribution in [-0.4, -0.2) is 32.6 Å². The molecule has 0 aromatic heterocycles. The average Bonchev–Trinajstić information content (AvgIpc) is 2.16. The van der Waals surface area contributed by atoms with E-state index in [0.717, 1.165) is 9.87 Å². The van der Waals surface area contributed by atoms with Crippen LogP contribution in [0.4, 0.5) is 0 Å². The van der Waals surface area contributed by atoms with E-state index in [1.807, 2.05) is 0 Å². The fourth-order valence-electron chi connectivity index (χ4n) is 1.31. The highest BCUT2D eigenvalue weighted by Gasteiger charge is 2.18. The zero-order chi connectivity index (χ0) is 12.5. The van der Waals surface area contributed by atoms with Gasteiger partial charge in [-0.1, -0.05) is 0 Å². The largest absolute Gasteiger partial charge is 0.295 e. The molecule has 0 saturated carbocycles. The van der Waals surface area contributed by atoms with Gasteiger partial charge in [0.25, 0.3) is 0 Å². The molecule has 0 bridgehead atoms. The van der Waals surface area contributed by atoms with E-state index in [-0.39, 0.29) is 10.7 Å². The van der Waals surface area contributed by atoms with Crippen molar-refractivity contribution in [1.82, 2.24) is 4.31 Å². The van der Waals surface area contributed by atoms with Gasteiger partial charge in [0.15, 0.2) is 5.78 Å². The number of aryl methyl sites for hydroxylation is 1. The minimum atomic E-state index is -3.47. The maximum Gasteiger partial charge on any atom is 0.242 e. The summed E-state index contributed by atoms with van der Waals surface area (Å²) >= 11 is 0. The summed E-state index contributed by atoms with van der Waals surface area (Å²) in [6, 6.07) is 4.64. The van der Waals surface area contributed by atoms with Gasteiger partial charge in [0, 0.05) is 19.7 Å². The van der Waals surface area contributed by atoms with E-state index in [1.165, 1.54) is 27.1 Å². The van der Waals surface area contributed by atoms with Gasteiger partial charge >= 0.3 is 0 Å². The van der Waals surface area contributed by atoms with Crippen LogP contribution in [0.5, 0.6) is 0 Å². The molecule has 0 radical (unpaired) electrons. The monoisotopic (exact) mass is 241 g/mol. The number of nitrogens with zero attached hydrogens (tertiary/aromatic N) is 1. The van der Waals surface area contributed by atoms with Gasteiger partial charge in [-0.25, -0.2) is 12.7 Å². The quantitative estimate of drug-likeness (QED) is 0.753. The van der Waals surface area contributed by atoms with E-state index in [9.17, 15) is 13.2 Å². The fraction of sp³-hybridized carbons (Fsp3) is 0.364. The minimum absolute atomic E-state index is 0.140. The van der Waals surface area contributed by atoms with E-state index in [1.54, 1.807) is 19.1 Å². The number of benzene rings is 1. The molecule has 0 aliphatic carbocycles. The van der Waals surface area contributed by atoms with Crippen molar-refractivity contribution in [3.05, 3.63) is 29.3 Å². The molecule has 0 spiro atoms. The zero-order valence-electron chi connectivity index (χ0n) is 9.81. The summed E-state index contributed by atoms with van der Waals surface area (Å²) in [6.45, 7) is 3.18. The van der Waals surface area contributed by atoms with Gasteiger partial charge in [0.05, 0.1) is 4.90 Å². The lowest BCUT2D eigenvalue weighted by Crippen LogP contribution is -2.22. The molecular formula is C11H15NO3S. The topological polar surface area (TPSA) is 54.5 Å². The highest BCUT2D eigenvalue weighted by atomic mass is 32.2. The Labute approximate surface area is 95.9 Å². The molecule has 1 aromatic carbocycles. The van der Waals surface area contributed by atoms with Crippen LogP contribution in [0.2, 0.25) is 0 Å². The molecule has 0 aliphatic rings. The molecule has 0 atom stereocenters. The maximum absolute atomic E-state index is 11.9. The lowest BCUT2D eigenvalue weighted by Gasteiger charge is -2.12. The van der Waals surface area contributed by atoms with E-state index in [2.05, 4.69) is 0 Å². The Balaban J connectivity index is 3.42. The summed E-state index contributed by atoms with van der Waals surface area (Å²) in [7, 11) is -0.548. The van der Waals surface area contributed by atoms with Crippen LogP contribution in [0.15, 0.2) is 23.1 Å². The number of ketones is 1. The molecule has 0 saturated heterocycles. The van der Waals surface area contributed by atoms with Crippen molar-refractivity contribution < 1.29 is 13.2 Å². The highest BCUT2D eigenvalue weighted by molar-refractivity contribution is 7.89. The van der Waals surface area contributed by atoms with Crippen LogP contribution in [0, 0.1) is 6.92 Å². The molecule has 1 rings (SSSR count). The molecule has 5 heteroatoms. The number of carbonyl (C=O) groups is 1. The minimum Gasteiger partial charge on any atom is -0.295 e. The van der Waals surface area contributed by atoms with Crippen LogP contribution < -0.4 is 0 Å². The van der Waals surface area contributed by atoms with Crippen LogP contribution in [0.3, 0.4) is 0 Å². The van der Waals surface area contributed by atoms with Crippen LogP contribution in [-0.2, 0) is 10.0 Å². The molecule has 16 heavy (non-hydrogen) atoms. The van der Waals surface area contributed by atoms with Crippen molar-refractivity contribution in [2.45, 2.75) is 18.7 Å². The third kappa shape index (κ3) is 2.48.